The molecule has 0 fully saturated rings. The standard InChI is InChI=1S/C7H15N3O2/c1-3-9-6(11)4-10-5(2)7(8)12/h5,10H,3-4H2,1-2H3,(H2,8,12)(H,9,11). The van der Waals surface area contributed by atoms with Crippen molar-refractivity contribution in [3.63, 3.8) is 0 Å². The van der Waals surface area contributed by atoms with Gasteiger partial charge in [-0.15, -0.1) is 0 Å². The van der Waals surface area contributed by atoms with Crippen molar-refractivity contribution in [2.75, 3.05) is 13.1 Å². The van der Waals surface area contributed by atoms with Crippen LogP contribution in [0, 0.1) is 0 Å². The Kier molecular flexibility index (Phi) is 5.03. The lowest BCUT2D eigenvalue weighted by atomic mass is 10.3. The number of carbonyl (C=O) groups excluding carboxylic acids is 2. The van der Waals surface area contributed by atoms with Crippen molar-refractivity contribution < 1.29 is 9.59 Å². The van der Waals surface area contributed by atoms with Crippen LogP contribution in [0.15, 0.2) is 0 Å². The highest BCUT2D eigenvalue weighted by molar-refractivity contribution is 5.82. The topological polar surface area (TPSA) is 84.2 Å². The lowest BCUT2D eigenvalue weighted by molar-refractivity contribution is -0.121. The molecule has 1 atom stereocenters. The number of rotatable bonds is 5. The van der Waals surface area contributed by atoms with Crippen molar-refractivity contribution in [1.82, 2.24) is 10.6 Å². The fourth-order valence-electron chi connectivity index (χ4n) is 0.606. The third-order valence-electron chi connectivity index (χ3n) is 1.37. The molecule has 5 nitrogen and oxygen atoms in total. The third kappa shape index (κ3) is 4.68. The van der Waals surface area contributed by atoms with Gasteiger partial charge in [0, 0.05) is 6.54 Å². The van der Waals surface area contributed by atoms with E-state index in [1.54, 1.807) is 6.92 Å². The fraction of sp³-hybridized carbons (Fsp3) is 0.714. The van der Waals surface area contributed by atoms with Gasteiger partial charge in [-0.05, 0) is 13.8 Å². The van der Waals surface area contributed by atoms with E-state index < -0.39 is 11.9 Å². The first-order valence-corrected chi connectivity index (χ1v) is 3.87. The molecule has 0 aliphatic heterocycles. The van der Waals surface area contributed by atoms with Crippen LogP contribution in [-0.2, 0) is 9.59 Å². The summed E-state index contributed by atoms with van der Waals surface area (Å²) in [5, 5.41) is 5.27. The number of carbonyl (C=O) groups is 2. The second-order valence-electron chi connectivity index (χ2n) is 2.46. The first-order chi connectivity index (χ1) is 5.57. The highest BCUT2D eigenvalue weighted by Gasteiger charge is 2.08. The summed E-state index contributed by atoms with van der Waals surface area (Å²) in [5.74, 6) is -0.593. The second kappa shape index (κ2) is 5.54. The maximum atomic E-state index is 10.8. The van der Waals surface area contributed by atoms with Crippen LogP contribution in [0.5, 0.6) is 0 Å². The molecule has 0 aromatic rings. The molecule has 0 spiro atoms. The van der Waals surface area contributed by atoms with Gasteiger partial charge in [0.15, 0.2) is 0 Å². The summed E-state index contributed by atoms with van der Waals surface area (Å²) in [7, 11) is 0. The Morgan fingerprint density at radius 3 is 2.50 bits per heavy atom. The Morgan fingerprint density at radius 2 is 2.08 bits per heavy atom. The molecule has 0 radical (unpaired) electrons. The first kappa shape index (κ1) is 10.9. The molecule has 1 unspecified atom stereocenters. The van der Waals surface area contributed by atoms with Crippen molar-refractivity contribution in [2.24, 2.45) is 5.73 Å². The van der Waals surface area contributed by atoms with Gasteiger partial charge < -0.3 is 11.1 Å². The van der Waals surface area contributed by atoms with Crippen LogP contribution in [0.25, 0.3) is 0 Å². The predicted octanol–water partition coefficient (Wildman–Crippen LogP) is -1.41. The van der Waals surface area contributed by atoms with Crippen LogP contribution >= 0.6 is 0 Å². The monoisotopic (exact) mass is 173 g/mol. The van der Waals surface area contributed by atoms with E-state index in [0.717, 1.165) is 0 Å². The molecule has 4 N–H and O–H groups in total. The Labute approximate surface area is 71.7 Å². The maximum Gasteiger partial charge on any atom is 0.234 e. The summed E-state index contributed by atoms with van der Waals surface area (Å²) in [6.07, 6.45) is 0. The predicted molar refractivity (Wildman–Crippen MR) is 45.3 cm³/mol. The van der Waals surface area contributed by atoms with E-state index in [-0.39, 0.29) is 12.5 Å². The van der Waals surface area contributed by atoms with Crippen molar-refractivity contribution >= 4 is 11.8 Å². The fourth-order valence-corrected chi connectivity index (χ4v) is 0.606. The highest BCUT2D eigenvalue weighted by atomic mass is 16.2. The van der Waals surface area contributed by atoms with E-state index in [0.29, 0.717) is 6.54 Å². The number of nitrogens with two attached hydrogens (primary N) is 1. The average molecular weight is 173 g/mol. The van der Waals surface area contributed by atoms with Gasteiger partial charge in [0.1, 0.15) is 0 Å². The number of primary amides is 1. The first-order valence-electron chi connectivity index (χ1n) is 3.87. The molecule has 0 bridgehead atoms. The SMILES string of the molecule is CCNC(=O)CNC(C)C(N)=O. The zero-order valence-electron chi connectivity index (χ0n) is 7.39. The zero-order valence-corrected chi connectivity index (χ0v) is 7.39. The summed E-state index contributed by atoms with van der Waals surface area (Å²) in [6, 6.07) is -0.465. The lowest BCUT2D eigenvalue weighted by Gasteiger charge is -2.08. The molecule has 0 saturated carbocycles. The lowest BCUT2D eigenvalue weighted by Crippen LogP contribution is -2.44. The highest BCUT2D eigenvalue weighted by Crippen LogP contribution is 1.76. The van der Waals surface area contributed by atoms with E-state index >= 15 is 0 Å². The van der Waals surface area contributed by atoms with Gasteiger partial charge in [0.2, 0.25) is 11.8 Å². The minimum absolute atomic E-state index is 0.123. The number of hydrogen-bond acceptors (Lipinski definition) is 3. The summed E-state index contributed by atoms with van der Waals surface area (Å²) >= 11 is 0. The Balaban J connectivity index is 3.54. The normalized spacial score (nSPS) is 12.2. The van der Waals surface area contributed by atoms with Crippen molar-refractivity contribution in [3.8, 4) is 0 Å². The smallest absolute Gasteiger partial charge is 0.234 e. The summed E-state index contributed by atoms with van der Waals surface area (Å²) in [5.41, 5.74) is 4.96. The van der Waals surface area contributed by atoms with Crippen molar-refractivity contribution in [1.29, 1.82) is 0 Å². The molecule has 2 amide bonds. The van der Waals surface area contributed by atoms with E-state index in [1.807, 2.05) is 6.92 Å². The van der Waals surface area contributed by atoms with Crippen LogP contribution in [-0.4, -0.2) is 30.9 Å². The molecular weight excluding hydrogens is 158 g/mol. The number of hydrogen-bond donors (Lipinski definition) is 3. The third-order valence-corrected chi connectivity index (χ3v) is 1.37. The van der Waals surface area contributed by atoms with E-state index in [2.05, 4.69) is 10.6 Å². The van der Waals surface area contributed by atoms with E-state index in [9.17, 15) is 9.59 Å². The molecule has 0 heterocycles. The van der Waals surface area contributed by atoms with E-state index in [1.165, 1.54) is 0 Å². The number of likely N-dealkylation sites (N-methyl/N-ethyl adjacent to an activating group) is 1. The molecular formula is C7H15N3O2. The van der Waals surface area contributed by atoms with Gasteiger partial charge in [0.05, 0.1) is 12.6 Å². The Morgan fingerprint density at radius 1 is 1.50 bits per heavy atom. The quantitative estimate of drug-likeness (QED) is 0.477. The summed E-state index contributed by atoms with van der Waals surface area (Å²) in [4.78, 5) is 21.3. The Hall–Kier alpha value is -1.10. The van der Waals surface area contributed by atoms with Gasteiger partial charge in [-0.25, -0.2) is 0 Å². The molecule has 0 aromatic heterocycles. The molecule has 12 heavy (non-hydrogen) atoms. The number of amides is 2. The molecule has 0 aromatic carbocycles. The molecule has 70 valence electrons. The summed E-state index contributed by atoms with van der Waals surface area (Å²) in [6.45, 7) is 4.15. The number of nitrogens with one attached hydrogen (secondary N) is 2. The van der Waals surface area contributed by atoms with Crippen LogP contribution in [0.4, 0.5) is 0 Å². The maximum absolute atomic E-state index is 10.8. The van der Waals surface area contributed by atoms with E-state index in [4.69, 9.17) is 5.73 Å². The second-order valence-corrected chi connectivity index (χ2v) is 2.46. The van der Waals surface area contributed by atoms with Gasteiger partial charge in [0.25, 0.3) is 0 Å². The van der Waals surface area contributed by atoms with Crippen molar-refractivity contribution in [2.45, 2.75) is 19.9 Å². The average Bonchev–Trinajstić information content (AvgIpc) is 2.00. The van der Waals surface area contributed by atoms with Gasteiger partial charge in [-0.3, -0.25) is 14.9 Å². The van der Waals surface area contributed by atoms with Gasteiger partial charge in [-0.1, -0.05) is 0 Å². The van der Waals surface area contributed by atoms with Crippen LogP contribution < -0.4 is 16.4 Å². The van der Waals surface area contributed by atoms with Gasteiger partial charge in [-0.2, -0.15) is 0 Å². The van der Waals surface area contributed by atoms with Crippen LogP contribution in [0.2, 0.25) is 0 Å². The molecule has 0 rings (SSSR count). The molecule has 0 aliphatic carbocycles. The minimum atomic E-state index is -0.465. The zero-order chi connectivity index (χ0) is 9.56. The van der Waals surface area contributed by atoms with Crippen LogP contribution in [0.3, 0.4) is 0 Å². The van der Waals surface area contributed by atoms with Crippen LogP contribution in [0.1, 0.15) is 13.8 Å². The Bertz CT molecular complexity index is 170. The largest absolute Gasteiger partial charge is 0.368 e. The molecule has 0 saturated heterocycles. The van der Waals surface area contributed by atoms with Gasteiger partial charge >= 0.3 is 0 Å². The van der Waals surface area contributed by atoms with Crippen molar-refractivity contribution in [3.05, 3.63) is 0 Å². The molecule has 0 aliphatic rings. The summed E-state index contributed by atoms with van der Waals surface area (Å²) < 4.78 is 0. The minimum Gasteiger partial charge on any atom is -0.368 e. The molecule has 5 heteroatoms.